The Bertz CT molecular complexity index is 1380. The molecule has 3 aromatic rings. The van der Waals surface area contributed by atoms with Gasteiger partial charge in [-0.15, -0.1) is 0 Å². The number of hydrogen-bond donors (Lipinski definition) is 1. The largest absolute Gasteiger partial charge is 0.490 e. The molecule has 3 aliphatic rings. The summed E-state index contributed by atoms with van der Waals surface area (Å²) in [6.07, 6.45) is 8.39. The summed E-state index contributed by atoms with van der Waals surface area (Å²) in [5.41, 5.74) is 1.48. The van der Waals surface area contributed by atoms with E-state index < -0.39 is 5.82 Å². The van der Waals surface area contributed by atoms with Gasteiger partial charge in [0.15, 0.2) is 11.5 Å². The molecule has 2 aliphatic heterocycles. The molecule has 0 bridgehead atoms. The SMILES string of the molecule is O=C1CC2(CCO1)CCN(CCCOc1cc3ncnc(Nc4ccc(F)c(Cl)c4)c3cc1OCC1CC1)CC2. The van der Waals surface area contributed by atoms with Gasteiger partial charge in [0.2, 0.25) is 0 Å². The van der Waals surface area contributed by atoms with Crippen LogP contribution in [-0.4, -0.2) is 60.3 Å². The van der Waals surface area contributed by atoms with Gasteiger partial charge in [-0.2, -0.15) is 0 Å². The van der Waals surface area contributed by atoms with Crippen LogP contribution in [0.15, 0.2) is 36.7 Å². The molecule has 3 heterocycles. The predicted octanol–water partition coefficient (Wildman–Crippen LogP) is 6.14. The second kappa shape index (κ2) is 11.7. The molecule has 1 N–H and O–H groups in total. The van der Waals surface area contributed by atoms with Crippen LogP contribution in [0.1, 0.15) is 44.9 Å². The van der Waals surface area contributed by atoms with E-state index in [4.69, 9.17) is 25.8 Å². The van der Waals surface area contributed by atoms with E-state index in [0.717, 1.165) is 50.7 Å². The Morgan fingerprint density at radius 3 is 2.70 bits per heavy atom. The van der Waals surface area contributed by atoms with Crippen LogP contribution in [0.2, 0.25) is 5.02 Å². The fraction of sp³-hybridized carbons (Fsp3) is 0.500. The molecule has 0 unspecified atom stereocenters. The Morgan fingerprint density at radius 1 is 1.10 bits per heavy atom. The molecular weight excluding hydrogens is 535 g/mol. The van der Waals surface area contributed by atoms with Crippen LogP contribution in [0.25, 0.3) is 10.9 Å². The molecule has 6 rings (SSSR count). The van der Waals surface area contributed by atoms with Crippen LogP contribution in [-0.2, 0) is 9.53 Å². The van der Waals surface area contributed by atoms with Gasteiger partial charge < -0.3 is 24.4 Å². The number of halogens is 2. The molecule has 8 nitrogen and oxygen atoms in total. The molecule has 2 aromatic carbocycles. The average Bonchev–Trinajstić information content (AvgIpc) is 3.78. The Morgan fingerprint density at radius 2 is 1.93 bits per heavy atom. The number of carbonyl (C=O) groups is 1. The zero-order valence-electron chi connectivity index (χ0n) is 22.5. The molecule has 1 spiro atoms. The zero-order chi connectivity index (χ0) is 27.5. The predicted molar refractivity (Wildman–Crippen MR) is 151 cm³/mol. The lowest BCUT2D eigenvalue weighted by Crippen LogP contribution is -2.44. The van der Waals surface area contributed by atoms with Crippen molar-refractivity contribution in [2.24, 2.45) is 11.3 Å². The van der Waals surface area contributed by atoms with Crippen molar-refractivity contribution in [3.8, 4) is 11.5 Å². The molecule has 1 aliphatic carbocycles. The molecule has 40 heavy (non-hydrogen) atoms. The highest BCUT2D eigenvalue weighted by molar-refractivity contribution is 6.31. The Labute approximate surface area is 238 Å². The number of nitrogens with zero attached hydrogens (tertiary/aromatic N) is 3. The van der Waals surface area contributed by atoms with Crippen molar-refractivity contribution in [3.63, 3.8) is 0 Å². The van der Waals surface area contributed by atoms with E-state index in [1.165, 1.54) is 31.3 Å². The molecule has 1 saturated carbocycles. The number of rotatable bonds is 10. The fourth-order valence-electron chi connectivity index (χ4n) is 5.57. The minimum Gasteiger partial charge on any atom is -0.490 e. The van der Waals surface area contributed by atoms with E-state index in [0.29, 0.717) is 60.7 Å². The molecule has 3 fully saturated rings. The number of nitrogens with one attached hydrogen (secondary N) is 1. The van der Waals surface area contributed by atoms with Crippen LogP contribution >= 0.6 is 11.6 Å². The first-order chi connectivity index (χ1) is 19.5. The number of hydrogen-bond acceptors (Lipinski definition) is 8. The maximum absolute atomic E-state index is 13.6. The Hall–Kier alpha value is -3.17. The summed E-state index contributed by atoms with van der Waals surface area (Å²) >= 11 is 5.97. The van der Waals surface area contributed by atoms with Crippen LogP contribution in [0.3, 0.4) is 0 Å². The van der Waals surface area contributed by atoms with Gasteiger partial charge in [0.05, 0.1) is 36.8 Å². The maximum Gasteiger partial charge on any atom is 0.306 e. The van der Waals surface area contributed by atoms with Crippen LogP contribution in [0.4, 0.5) is 15.9 Å². The number of anilines is 2. The summed E-state index contributed by atoms with van der Waals surface area (Å²) in [5, 5.41) is 4.03. The molecule has 10 heteroatoms. The summed E-state index contributed by atoms with van der Waals surface area (Å²) in [5.74, 6) is 1.97. The lowest BCUT2D eigenvalue weighted by atomic mass is 9.72. The number of fused-ring (bicyclic) bond motifs is 1. The Kier molecular flexibility index (Phi) is 7.94. The van der Waals surface area contributed by atoms with Gasteiger partial charge in [-0.25, -0.2) is 14.4 Å². The normalized spacial score (nSPS) is 19.0. The van der Waals surface area contributed by atoms with Gasteiger partial charge in [-0.05, 0) is 87.2 Å². The van der Waals surface area contributed by atoms with E-state index in [1.807, 2.05) is 12.1 Å². The quantitative estimate of drug-likeness (QED) is 0.230. The Balaban J connectivity index is 1.10. The molecule has 0 amide bonds. The number of cyclic esters (lactones) is 1. The van der Waals surface area contributed by atoms with Crippen LogP contribution in [0, 0.1) is 17.2 Å². The van der Waals surface area contributed by atoms with Gasteiger partial charge in [-0.3, -0.25) is 4.79 Å². The summed E-state index contributed by atoms with van der Waals surface area (Å²) < 4.78 is 31.2. The average molecular weight is 569 g/mol. The molecule has 1 aromatic heterocycles. The van der Waals surface area contributed by atoms with E-state index in [-0.39, 0.29) is 16.4 Å². The zero-order valence-corrected chi connectivity index (χ0v) is 23.2. The smallest absolute Gasteiger partial charge is 0.306 e. The summed E-state index contributed by atoms with van der Waals surface area (Å²) in [7, 11) is 0. The van der Waals surface area contributed by atoms with Crippen molar-refractivity contribution >= 4 is 40.0 Å². The molecule has 212 valence electrons. The highest BCUT2D eigenvalue weighted by Crippen LogP contribution is 2.41. The lowest BCUT2D eigenvalue weighted by molar-refractivity contribution is -0.155. The number of likely N-dealkylation sites (tertiary alicyclic amines) is 1. The fourth-order valence-corrected chi connectivity index (χ4v) is 5.75. The third-order valence-corrected chi connectivity index (χ3v) is 8.55. The van der Waals surface area contributed by atoms with E-state index >= 15 is 0 Å². The number of aromatic nitrogens is 2. The summed E-state index contributed by atoms with van der Waals surface area (Å²) in [6.45, 7) is 4.73. The lowest BCUT2D eigenvalue weighted by Gasteiger charge is -2.43. The summed E-state index contributed by atoms with van der Waals surface area (Å²) in [6, 6.07) is 8.27. The van der Waals surface area contributed by atoms with Gasteiger partial charge >= 0.3 is 5.97 Å². The maximum atomic E-state index is 13.6. The highest BCUT2D eigenvalue weighted by atomic mass is 35.5. The van der Waals surface area contributed by atoms with Gasteiger partial charge in [0.1, 0.15) is 18.0 Å². The van der Waals surface area contributed by atoms with Crippen molar-refractivity contribution in [2.45, 2.75) is 44.9 Å². The second-order valence-corrected chi connectivity index (χ2v) is 11.6. The number of piperidine rings is 1. The highest BCUT2D eigenvalue weighted by Gasteiger charge is 2.39. The number of ether oxygens (including phenoxy) is 3. The number of carbonyl (C=O) groups excluding carboxylic acids is 1. The summed E-state index contributed by atoms with van der Waals surface area (Å²) in [4.78, 5) is 23.1. The van der Waals surface area contributed by atoms with Crippen molar-refractivity contribution in [3.05, 3.63) is 47.5 Å². The monoisotopic (exact) mass is 568 g/mol. The molecule has 0 atom stereocenters. The minimum atomic E-state index is -0.475. The van der Waals surface area contributed by atoms with E-state index in [9.17, 15) is 9.18 Å². The number of esters is 1. The topological polar surface area (TPSA) is 85.8 Å². The molecule has 2 saturated heterocycles. The van der Waals surface area contributed by atoms with Crippen LogP contribution in [0.5, 0.6) is 11.5 Å². The first kappa shape index (κ1) is 27.0. The van der Waals surface area contributed by atoms with Gasteiger partial charge in [0, 0.05) is 23.7 Å². The first-order valence-electron chi connectivity index (χ1n) is 14.1. The third-order valence-electron chi connectivity index (χ3n) is 8.26. The minimum absolute atomic E-state index is 0.0373. The van der Waals surface area contributed by atoms with Crippen molar-refractivity contribution in [2.75, 3.05) is 44.8 Å². The third kappa shape index (κ3) is 6.41. The molecular formula is C30H34ClFN4O4. The van der Waals surface area contributed by atoms with Crippen molar-refractivity contribution in [1.29, 1.82) is 0 Å². The van der Waals surface area contributed by atoms with Crippen LogP contribution < -0.4 is 14.8 Å². The number of benzene rings is 2. The molecule has 0 radical (unpaired) electrons. The van der Waals surface area contributed by atoms with Gasteiger partial charge in [-0.1, -0.05) is 11.6 Å². The standard InChI is InChI=1S/C30H34ClFN4O4/c31-23-14-21(4-5-24(23)32)35-29-22-15-26(40-18-20-2-3-20)27(16-25(22)33-19-34-29)38-12-1-9-36-10-6-30(7-11-36)8-13-39-28(37)17-30/h4-5,14-16,19-20H,1-3,6-13,17-18H2,(H,33,34,35). The second-order valence-electron chi connectivity index (χ2n) is 11.2. The van der Waals surface area contributed by atoms with E-state index in [1.54, 1.807) is 6.07 Å². The van der Waals surface area contributed by atoms with Crippen molar-refractivity contribution in [1.82, 2.24) is 14.9 Å². The van der Waals surface area contributed by atoms with E-state index in [2.05, 4.69) is 20.2 Å². The first-order valence-corrected chi connectivity index (χ1v) is 14.5. The van der Waals surface area contributed by atoms with Crippen molar-refractivity contribution < 1.29 is 23.4 Å². The van der Waals surface area contributed by atoms with Gasteiger partial charge in [0.25, 0.3) is 0 Å².